The maximum absolute atomic E-state index is 9.34. The van der Waals surface area contributed by atoms with Gasteiger partial charge in [0.1, 0.15) is 11.6 Å². The largest absolute Gasteiger partial charge is 0.506 e. The highest BCUT2D eigenvalue weighted by atomic mass is 35.5. The number of hydrogen-bond donors (Lipinski definition) is 1. The van der Waals surface area contributed by atoms with E-state index in [0.717, 1.165) is 24.2 Å². The Hall–Kier alpha value is -1.22. The van der Waals surface area contributed by atoms with Gasteiger partial charge in [0.05, 0.1) is 11.7 Å². The summed E-state index contributed by atoms with van der Waals surface area (Å²) in [5.41, 5.74) is 0.841. The lowest BCUT2D eigenvalue weighted by atomic mass is 10.3. The number of hydrogen-bond acceptors (Lipinski definition) is 2. The van der Waals surface area contributed by atoms with Crippen LogP contribution in [-0.4, -0.2) is 14.5 Å². The molecule has 0 spiro atoms. The van der Waals surface area contributed by atoms with Crippen LogP contribution >= 0.6 is 11.6 Å². The summed E-state index contributed by atoms with van der Waals surface area (Å²) in [6.07, 6.45) is 3.50. The van der Waals surface area contributed by atoms with Gasteiger partial charge in [0, 0.05) is 6.42 Å². The molecule has 0 aliphatic heterocycles. The quantitative estimate of drug-likeness (QED) is 0.828. The topological polar surface area (TPSA) is 37.5 Å². The maximum Gasteiger partial charge on any atom is 0.155 e. The van der Waals surface area contributed by atoms with Crippen LogP contribution in [0.5, 0.6) is 5.75 Å². The fraction of sp³-hybridized carbons (Fsp3) is 0.300. The molecular formula is C10H11ClN2O. The summed E-state index contributed by atoms with van der Waals surface area (Å²) in [7, 11) is 0. The Balaban J connectivity index is 2.66. The van der Waals surface area contributed by atoms with Gasteiger partial charge in [-0.3, -0.25) is 4.40 Å². The molecule has 74 valence electrons. The summed E-state index contributed by atoms with van der Waals surface area (Å²) in [4.78, 5) is 4.24. The normalized spacial score (nSPS) is 11.0. The highest BCUT2D eigenvalue weighted by Gasteiger charge is 2.08. The third-order valence-electron chi connectivity index (χ3n) is 2.12. The highest BCUT2D eigenvalue weighted by molar-refractivity contribution is 6.32. The standard InChI is InChI=1S/C10H11ClN2O/c1-2-3-9-12-10(11)8-5-4-7(14)6-13(8)9/h4-6,14H,2-3H2,1H3. The SMILES string of the molecule is CCCc1nc(Cl)c2ccc(O)cn12. The van der Waals surface area contributed by atoms with Gasteiger partial charge in [0.15, 0.2) is 5.15 Å². The van der Waals surface area contributed by atoms with Gasteiger partial charge in [-0.15, -0.1) is 0 Å². The van der Waals surface area contributed by atoms with E-state index in [1.165, 1.54) is 0 Å². The highest BCUT2D eigenvalue weighted by Crippen LogP contribution is 2.21. The summed E-state index contributed by atoms with van der Waals surface area (Å²) in [5.74, 6) is 1.12. The number of aromatic nitrogens is 2. The molecule has 2 heterocycles. The minimum absolute atomic E-state index is 0.226. The van der Waals surface area contributed by atoms with Crippen molar-refractivity contribution in [3.63, 3.8) is 0 Å². The molecule has 2 rings (SSSR count). The second-order valence-corrected chi connectivity index (χ2v) is 3.57. The number of halogens is 1. The molecule has 0 aromatic carbocycles. The number of fused-ring (bicyclic) bond motifs is 1. The Labute approximate surface area is 87.0 Å². The van der Waals surface area contributed by atoms with Crippen molar-refractivity contribution >= 4 is 17.1 Å². The number of aromatic hydroxyl groups is 1. The number of aryl methyl sites for hydroxylation is 1. The smallest absolute Gasteiger partial charge is 0.155 e. The van der Waals surface area contributed by atoms with E-state index in [-0.39, 0.29) is 5.75 Å². The molecule has 14 heavy (non-hydrogen) atoms. The van der Waals surface area contributed by atoms with Gasteiger partial charge in [-0.25, -0.2) is 4.98 Å². The van der Waals surface area contributed by atoms with Gasteiger partial charge in [-0.1, -0.05) is 18.5 Å². The summed E-state index contributed by atoms with van der Waals surface area (Å²) >= 11 is 5.95. The van der Waals surface area contributed by atoms with E-state index in [1.54, 1.807) is 18.3 Å². The molecule has 1 N–H and O–H groups in total. The first-order valence-electron chi connectivity index (χ1n) is 4.58. The minimum atomic E-state index is 0.226. The molecule has 0 fully saturated rings. The second-order valence-electron chi connectivity index (χ2n) is 3.21. The molecule has 0 aliphatic carbocycles. The lowest BCUT2D eigenvalue weighted by molar-refractivity contribution is 0.471. The van der Waals surface area contributed by atoms with E-state index in [1.807, 2.05) is 4.40 Å². The monoisotopic (exact) mass is 210 g/mol. The Morgan fingerprint density at radius 3 is 3.00 bits per heavy atom. The first-order valence-corrected chi connectivity index (χ1v) is 4.95. The molecular weight excluding hydrogens is 200 g/mol. The molecule has 0 radical (unpaired) electrons. The van der Waals surface area contributed by atoms with Crippen molar-refractivity contribution < 1.29 is 5.11 Å². The van der Waals surface area contributed by atoms with Crippen LogP contribution in [0.1, 0.15) is 19.2 Å². The molecule has 0 saturated heterocycles. The van der Waals surface area contributed by atoms with Crippen LogP contribution in [0.4, 0.5) is 0 Å². The summed E-state index contributed by atoms with van der Waals surface area (Å²) in [6, 6.07) is 3.38. The first kappa shape index (κ1) is 9.34. The average Bonchev–Trinajstić information content (AvgIpc) is 2.44. The predicted molar refractivity (Wildman–Crippen MR) is 55.9 cm³/mol. The van der Waals surface area contributed by atoms with Crippen molar-refractivity contribution in [3.05, 3.63) is 29.3 Å². The van der Waals surface area contributed by atoms with Crippen LogP contribution in [0.15, 0.2) is 18.3 Å². The lowest BCUT2D eigenvalue weighted by Gasteiger charge is -1.99. The zero-order valence-corrected chi connectivity index (χ0v) is 8.62. The molecule has 4 heteroatoms. The van der Waals surface area contributed by atoms with Crippen molar-refractivity contribution in [1.82, 2.24) is 9.38 Å². The van der Waals surface area contributed by atoms with Gasteiger partial charge in [0.25, 0.3) is 0 Å². The van der Waals surface area contributed by atoms with Crippen molar-refractivity contribution in [3.8, 4) is 5.75 Å². The molecule has 3 nitrogen and oxygen atoms in total. The first-order chi connectivity index (χ1) is 6.72. The van der Waals surface area contributed by atoms with Crippen LogP contribution in [0, 0.1) is 0 Å². The van der Waals surface area contributed by atoms with Crippen molar-refractivity contribution in [2.45, 2.75) is 19.8 Å². The molecule has 0 unspecified atom stereocenters. The number of pyridine rings is 1. The lowest BCUT2D eigenvalue weighted by Crippen LogP contribution is -1.93. The van der Waals surface area contributed by atoms with Crippen LogP contribution in [0.2, 0.25) is 5.15 Å². The molecule has 0 aliphatic rings. The molecule has 0 bridgehead atoms. The van der Waals surface area contributed by atoms with Gasteiger partial charge in [-0.2, -0.15) is 0 Å². The number of rotatable bonds is 2. The van der Waals surface area contributed by atoms with E-state index in [0.29, 0.717) is 5.15 Å². The van der Waals surface area contributed by atoms with Crippen LogP contribution in [0.25, 0.3) is 5.52 Å². The fourth-order valence-electron chi connectivity index (χ4n) is 1.50. The third kappa shape index (κ3) is 1.44. The molecule has 2 aromatic heterocycles. The number of nitrogens with zero attached hydrogens (tertiary/aromatic N) is 2. The zero-order chi connectivity index (χ0) is 10.1. The van der Waals surface area contributed by atoms with Crippen LogP contribution in [-0.2, 0) is 6.42 Å². The van der Waals surface area contributed by atoms with Gasteiger partial charge < -0.3 is 5.11 Å². The average molecular weight is 211 g/mol. The van der Waals surface area contributed by atoms with Gasteiger partial charge in [0.2, 0.25) is 0 Å². The van der Waals surface area contributed by atoms with E-state index < -0.39 is 0 Å². The summed E-state index contributed by atoms with van der Waals surface area (Å²) in [6.45, 7) is 2.08. The van der Waals surface area contributed by atoms with Gasteiger partial charge in [-0.05, 0) is 18.6 Å². The third-order valence-corrected chi connectivity index (χ3v) is 2.40. The van der Waals surface area contributed by atoms with Crippen molar-refractivity contribution in [2.24, 2.45) is 0 Å². The second kappa shape index (κ2) is 3.50. The van der Waals surface area contributed by atoms with Crippen molar-refractivity contribution in [2.75, 3.05) is 0 Å². The molecule has 0 atom stereocenters. The number of imidazole rings is 1. The van der Waals surface area contributed by atoms with E-state index in [9.17, 15) is 5.11 Å². The fourth-order valence-corrected chi connectivity index (χ4v) is 1.75. The van der Waals surface area contributed by atoms with Crippen molar-refractivity contribution in [1.29, 1.82) is 0 Å². The molecule has 2 aromatic rings. The predicted octanol–water partition coefficient (Wildman–Crippen LogP) is 2.65. The van der Waals surface area contributed by atoms with E-state index >= 15 is 0 Å². The maximum atomic E-state index is 9.34. The van der Waals surface area contributed by atoms with Crippen LogP contribution in [0.3, 0.4) is 0 Å². The van der Waals surface area contributed by atoms with E-state index in [4.69, 9.17) is 11.6 Å². The minimum Gasteiger partial charge on any atom is -0.506 e. The van der Waals surface area contributed by atoms with E-state index in [2.05, 4.69) is 11.9 Å². The summed E-state index contributed by atoms with van der Waals surface area (Å²) < 4.78 is 1.83. The Morgan fingerprint density at radius 2 is 2.29 bits per heavy atom. The Kier molecular flexibility index (Phi) is 2.33. The zero-order valence-electron chi connectivity index (χ0n) is 7.87. The van der Waals surface area contributed by atoms with Gasteiger partial charge >= 0.3 is 0 Å². The molecule has 0 saturated carbocycles. The van der Waals surface area contributed by atoms with Crippen LogP contribution < -0.4 is 0 Å². The Morgan fingerprint density at radius 1 is 1.50 bits per heavy atom. The Bertz CT molecular complexity index is 464. The summed E-state index contributed by atoms with van der Waals surface area (Å²) in [5, 5.41) is 9.83. The molecule has 0 amide bonds.